The van der Waals surface area contributed by atoms with E-state index in [-0.39, 0.29) is 17.7 Å². The Labute approximate surface area is 198 Å². The lowest BCUT2D eigenvalue weighted by Crippen LogP contribution is -2.73. The highest BCUT2D eigenvalue weighted by Gasteiger charge is 2.51. The molecule has 4 fully saturated rings. The van der Waals surface area contributed by atoms with E-state index < -0.39 is 0 Å². The third-order valence-electron chi connectivity index (χ3n) is 8.77. The summed E-state index contributed by atoms with van der Waals surface area (Å²) in [5.74, 6) is 2.43. The normalized spacial score (nSPS) is 28.2. The molecule has 1 saturated carbocycles. The Hall–Kier alpha value is -2.10. The molecule has 5 rings (SSSR count). The first-order chi connectivity index (χ1) is 16.1. The van der Waals surface area contributed by atoms with Crippen LogP contribution in [-0.4, -0.2) is 78.8 Å². The number of nitriles is 1. The third-order valence-corrected chi connectivity index (χ3v) is 8.77. The summed E-state index contributed by atoms with van der Waals surface area (Å²) in [6.45, 7) is 5.08. The smallest absolute Gasteiger partial charge is 0.320 e. The number of hydrogen-bond acceptors (Lipinski definition) is 4. The third kappa shape index (κ3) is 4.76. The van der Waals surface area contributed by atoms with Crippen LogP contribution in [0.4, 0.5) is 4.79 Å². The molecule has 4 aliphatic rings. The average Bonchev–Trinajstić information content (AvgIpc) is 3.61. The summed E-state index contributed by atoms with van der Waals surface area (Å²) in [6.07, 6.45) is 7.78. The van der Waals surface area contributed by atoms with Crippen molar-refractivity contribution >= 4 is 6.03 Å². The predicted octanol–water partition coefficient (Wildman–Crippen LogP) is 4.09. The van der Waals surface area contributed by atoms with Gasteiger partial charge in [0.1, 0.15) is 0 Å². The van der Waals surface area contributed by atoms with Crippen LogP contribution in [-0.2, 0) is 4.74 Å². The second-order valence-corrected chi connectivity index (χ2v) is 10.8. The molecule has 178 valence electrons. The Morgan fingerprint density at radius 3 is 2.39 bits per heavy atom. The van der Waals surface area contributed by atoms with Crippen LogP contribution < -0.4 is 0 Å². The van der Waals surface area contributed by atoms with E-state index in [9.17, 15) is 10.1 Å². The predicted molar refractivity (Wildman–Crippen MR) is 128 cm³/mol. The molecule has 2 amide bonds. The number of methoxy groups -OCH3 is 1. The van der Waals surface area contributed by atoms with Crippen LogP contribution in [0.25, 0.3) is 0 Å². The molecule has 1 aromatic rings. The van der Waals surface area contributed by atoms with Gasteiger partial charge in [-0.25, -0.2) is 4.79 Å². The lowest BCUT2D eigenvalue weighted by atomic mass is 9.81. The van der Waals surface area contributed by atoms with Crippen molar-refractivity contribution in [3.05, 3.63) is 35.9 Å². The molecule has 3 heterocycles. The maximum atomic E-state index is 13.0. The van der Waals surface area contributed by atoms with Crippen molar-refractivity contribution in [2.75, 3.05) is 46.4 Å². The number of carbonyl (C=O) groups is 1. The van der Waals surface area contributed by atoms with Crippen LogP contribution in [0.3, 0.4) is 0 Å². The van der Waals surface area contributed by atoms with E-state index in [1.165, 1.54) is 31.2 Å². The largest absolute Gasteiger partial charge is 0.381 e. The number of nitrogens with zero attached hydrogens (tertiary/aromatic N) is 4. The van der Waals surface area contributed by atoms with Gasteiger partial charge in [0, 0.05) is 33.3 Å². The van der Waals surface area contributed by atoms with Gasteiger partial charge in [-0.2, -0.15) is 5.26 Å². The topological polar surface area (TPSA) is 59.8 Å². The van der Waals surface area contributed by atoms with Gasteiger partial charge in [0.15, 0.2) is 0 Å². The van der Waals surface area contributed by atoms with Crippen LogP contribution in [0.5, 0.6) is 0 Å². The van der Waals surface area contributed by atoms with Crippen molar-refractivity contribution in [3.63, 3.8) is 0 Å². The maximum Gasteiger partial charge on any atom is 0.320 e. The summed E-state index contributed by atoms with van der Waals surface area (Å²) < 4.78 is 5.43. The standard InChI is InChI=1S/C27H38N4O2/c1-33-24-9-13-29(14-10-24)26(32)30-19-27(20-30,11-12-28)31-15-7-21(8-16-31)17-23-18-25(23)22-5-3-2-4-6-22/h2-6,21,23-25H,7-11,13-20H2,1H3/t23-,25?/m1/s1. The average molecular weight is 451 g/mol. The van der Waals surface area contributed by atoms with Gasteiger partial charge >= 0.3 is 6.03 Å². The van der Waals surface area contributed by atoms with Gasteiger partial charge in [-0.1, -0.05) is 30.3 Å². The molecule has 3 aliphatic heterocycles. The monoisotopic (exact) mass is 450 g/mol. The molecule has 1 aromatic carbocycles. The highest BCUT2D eigenvalue weighted by Crippen LogP contribution is 2.52. The zero-order valence-electron chi connectivity index (χ0n) is 20.0. The van der Waals surface area contributed by atoms with Crippen LogP contribution in [0, 0.1) is 23.2 Å². The molecule has 2 atom stereocenters. The highest BCUT2D eigenvalue weighted by atomic mass is 16.5. The number of hydrogen-bond donors (Lipinski definition) is 0. The molecule has 0 aromatic heterocycles. The number of rotatable bonds is 6. The van der Waals surface area contributed by atoms with E-state index in [2.05, 4.69) is 41.3 Å². The molecule has 6 nitrogen and oxygen atoms in total. The van der Waals surface area contributed by atoms with E-state index in [0.717, 1.165) is 56.8 Å². The number of carbonyl (C=O) groups excluding carboxylic acids is 1. The number of benzene rings is 1. The molecule has 0 N–H and O–H groups in total. The number of likely N-dealkylation sites (tertiary alicyclic amines) is 3. The van der Waals surface area contributed by atoms with Gasteiger partial charge < -0.3 is 14.5 Å². The molecule has 6 heteroatoms. The summed E-state index contributed by atoms with van der Waals surface area (Å²) in [5, 5.41) is 9.54. The van der Waals surface area contributed by atoms with Gasteiger partial charge in [-0.15, -0.1) is 0 Å². The zero-order valence-corrected chi connectivity index (χ0v) is 20.0. The number of piperidine rings is 2. The highest BCUT2D eigenvalue weighted by molar-refractivity contribution is 5.76. The minimum absolute atomic E-state index is 0.133. The molecule has 0 bridgehead atoms. The molecule has 3 saturated heterocycles. The SMILES string of the molecule is COC1CCN(C(=O)N2CC(CC#N)(N3CCC(C[C@@H]4CC4c4ccccc4)CC3)C2)CC1. The first kappa shape index (κ1) is 22.7. The summed E-state index contributed by atoms with van der Waals surface area (Å²) in [6, 6.07) is 13.6. The van der Waals surface area contributed by atoms with Crippen molar-refractivity contribution in [2.24, 2.45) is 11.8 Å². The van der Waals surface area contributed by atoms with Crippen LogP contribution in [0.1, 0.15) is 56.4 Å². The number of ether oxygens (including phenoxy) is 1. The minimum Gasteiger partial charge on any atom is -0.381 e. The Bertz CT molecular complexity index is 847. The molecular formula is C27H38N4O2. The quantitative estimate of drug-likeness (QED) is 0.655. The van der Waals surface area contributed by atoms with Crippen molar-refractivity contribution in [1.82, 2.24) is 14.7 Å². The van der Waals surface area contributed by atoms with Crippen LogP contribution in [0.15, 0.2) is 30.3 Å². The fraction of sp³-hybridized carbons (Fsp3) is 0.704. The van der Waals surface area contributed by atoms with Crippen LogP contribution >= 0.6 is 0 Å². The summed E-state index contributed by atoms with van der Waals surface area (Å²) >= 11 is 0. The first-order valence-corrected chi connectivity index (χ1v) is 12.9. The lowest BCUT2D eigenvalue weighted by molar-refractivity contribution is -0.0549. The van der Waals surface area contributed by atoms with Crippen molar-refractivity contribution in [1.29, 1.82) is 5.26 Å². The Morgan fingerprint density at radius 2 is 1.76 bits per heavy atom. The van der Waals surface area contributed by atoms with E-state index in [1.807, 2.05) is 9.80 Å². The van der Waals surface area contributed by atoms with E-state index in [1.54, 1.807) is 7.11 Å². The zero-order chi connectivity index (χ0) is 22.8. The Morgan fingerprint density at radius 1 is 1.06 bits per heavy atom. The second kappa shape index (κ2) is 9.64. The van der Waals surface area contributed by atoms with Gasteiger partial charge in [-0.05, 0) is 74.9 Å². The van der Waals surface area contributed by atoms with Crippen molar-refractivity contribution in [2.45, 2.75) is 62.5 Å². The van der Waals surface area contributed by atoms with Gasteiger partial charge in [0.2, 0.25) is 0 Å². The number of amides is 2. The molecular weight excluding hydrogens is 412 g/mol. The molecule has 1 unspecified atom stereocenters. The lowest BCUT2D eigenvalue weighted by Gasteiger charge is -2.57. The summed E-state index contributed by atoms with van der Waals surface area (Å²) in [4.78, 5) is 19.5. The molecule has 1 aliphatic carbocycles. The fourth-order valence-electron chi connectivity index (χ4n) is 6.54. The molecule has 33 heavy (non-hydrogen) atoms. The molecule has 0 spiro atoms. The summed E-state index contributed by atoms with van der Waals surface area (Å²) in [7, 11) is 1.75. The van der Waals surface area contributed by atoms with Gasteiger partial charge in [-0.3, -0.25) is 4.90 Å². The Balaban J connectivity index is 1.09. The Kier molecular flexibility index (Phi) is 6.62. The van der Waals surface area contributed by atoms with Crippen LogP contribution in [0.2, 0.25) is 0 Å². The summed E-state index contributed by atoms with van der Waals surface area (Å²) in [5.41, 5.74) is 1.38. The van der Waals surface area contributed by atoms with Gasteiger partial charge in [0.05, 0.1) is 24.1 Å². The van der Waals surface area contributed by atoms with E-state index in [0.29, 0.717) is 19.5 Å². The molecule has 0 radical (unpaired) electrons. The first-order valence-electron chi connectivity index (χ1n) is 12.9. The van der Waals surface area contributed by atoms with Crippen molar-refractivity contribution in [3.8, 4) is 6.07 Å². The minimum atomic E-state index is -0.133. The van der Waals surface area contributed by atoms with E-state index >= 15 is 0 Å². The fourth-order valence-corrected chi connectivity index (χ4v) is 6.54. The maximum absolute atomic E-state index is 13.0. The van der Waals surface area contributed by atoms with Gasteiger partial charge in [0.25, 0.3) is 0 Å². The van der Waals surface area contributed by atoms with E-state index in [4.69, 9.17) is 4.74 Å². The van der Waals surface area contributed by atoms with Crippen molar-refractivity contribution < 1.29 is 9.53 Å². The number of urea groups is 1. The second-order valence-electron chi connectivity index (χ2n) is 10.8.